The number of aliphatic hydroxyl groups is 1. The summed E-state index contributed by atoms with van der Waals surface area (Å²) in [5, 5.41) is 9.12. The van der Waals surface area contributed by atoms with Crippen molar-refractivity contribution >= 4 is 5.97 Å². The molecule has 0 bridgehead atoms. The number of hydrogen-bond acceptors (Lipinski definition) is 4. The van der Waals surface area contributed by atoms with E-state index in [0.717, 1.165) is 19.4 Å². The molecule has 0 aliphatic heterocycles. The lowest BCUT2D eigenvalue weighted by Crippen LogP contribution is -2.43. The summed E-state index contributed by atoms with van der Waals surface area (Å²) in [6.07, 6.45) is 1.60. The van der Waals surface area contributed by atoms with E-state index in [2.05, 4.69) is 4.74 Å². The molecule has 0 aromatic rings. The topological polar surface area (TPSA) is 49.8 Å². The van der Waals surface area contributed by atoms with E-state index in [9.17, 15) is 4.79 Å². The lowest BCUT2D eigenvalue weighted by Gasteiger charge is -2.35. The molecule has 0 heterocycles. The number of rotatable bonds is 4. The van der Waals surface area contributed by atoms with Crippen molar-refractivity contribution in [2.24, 2.45) is 5.92 Å². The minimum absolute atomic E-state index is 0.123. The van der Waals surface area contributed by atoms with Crippen LogP contribution in [0.25, 0.3) is 0 Å². The fourth-order valence-electron chi connectivity index (χ4n) is 1.77. The molecule has 1 saturated carbocycles. The second-order valence-corrected chi connectivity index (χ2v) is 4.13. The van der Waals surface area contributed by atoms with Crippen LogP contribution in [-0.2, 0) is 9.53 Å². The van der Waals surface area contributed by atoms with Gasteiger partial charge in [-0.25, -0.2) is 0 Å². The maximum atomic E-state index is 11.2. The second kappa shape index (κ2) is 4.75. The Bertz CT molecular complexity index is 202. The van der Waals surface area contributed by atoms with Gasteiger partial charge in [0.2, 0.25) is 0 Å². The van der Waals surface area contributed by atoms with Gasteiger partial charge in [-0.15, -0.1) is 0 Å². The summed E-state index contributed by atoms with van der Waals surface area (Å²) < 4.78 is 4.66. The Morgan fingerprint density at radius 3 is 2.64 bits per heavy atom. The van der Waals surface area contributed by atoms with E-state index < -0.39 is 0 Å². The number of likely N-dealkylation sites (N-methyl/N-ethyl adjacent to an activating group) is 1. The Kier molecular flexibility index (Phi) is 3.89. The first-order chi connectivity index (χ1) is 6.54. The lowest BCUT2D eigenvalue weighted by molar-refractivity contribution is -0.146. The van der Waals surface area contributed by atoms with Gasteiger partial charge in [-0.1, -0.05) is 0 Å². The first-order valence-corrected chi connectivity index (χ1v) is 5.00. The number of carbonyl (C=O) groups is 1. The largest absolute Gasteiger partial charge is 0.468 e. The molecule has 0 aromatic heterocycles. The van der Waals surface area contributed by atoms with Crippen molar-refractivity contribution < 1.29 is 14.6 Å². The van der Waals surface area contributed by atoms with Crippen LogP contribution in [0.5, 0.6) is 0 Å². The van der Waals surface area contributed by atoms with Crippen molar-refractivity contribution in [2.75, 3.05) is 20.7 Å². The molecule has 1 unspecified atom stereocenters. The minimum atomic E-state index is -0.202. The summed E-state index contributed by atoms with van der Waals surface area (Å²) in [6, 6.07) is -0.197. The van der Waals surface area contributed by atoms with Crippen LogP contribution in [-0.4, -0.2) is 48.8 Å². The summed E-state index contributed by atoms with van der Waals surface area (Å²) in [5.74, 6) is 0.328. The fraction of sp³-hybridized carbons (Fsp3) is 0.900. The molecule has 1 aliphatic rings. The van der Waals surface area contributed by atoms with Crippen LogP contribution in [0.3, 0.4) is 0 Å². The summed E-state index contributed by atoms with van der Waals surface area (Å²) >= 11 is 0. The number of aliphatic hydroxyl groups excluding tert-OH is 1. The zero-order valence-electron chi connectivity index (χ0n) is 9.06. The summed E-state index contributed by atoms with van der Waals surface area (Å²) in [7, 11) is 3.31. The van der Waals surface area contributed by atoms with Crippen LogP contribution in [0.2, 0.25) is 0 Å². The Morgan fingerprint density at radius 1 is 1.64 bits per heavy atom. The van der Waals surface area contributed by atoms with Gasteiger partial charge in [-0.3, -0.25) is 9.69 Å². The number of hydrogen-bond donors (Lipinski definition) is 1. The molecule has 0 amide bonds. The molecule has 1 aliphatic carbocycles. The molecule has 1 N–H and O–H groups in total. The van der Waals surface area contributed by atoms with Gasteiger partial charge in [0, 0.05) is 6.54 Å². The van der Waals surface area contributed by atoms with Crippen LogP contribution in [0.15, 0.2) is 0 Å². The van der Waals surface area contributed by atoms with Crippen molar-refractivity contribution in [1.29, 1.82) is 0 Å². The molecule has 0 radical (unpaired) electrons. The number of methoxy groups -OCH3 is 1. The third-order valence-electron chi connectivity index (χ3n) is 2.96. The third-order valence-corrected chi connectivity index (χ3v) is 2.96. The normalized spacial score (nSPS) is 28.4. The zero-order chi connectivity index (χ0) is 10.7. The van der Waals surface area contributed by atoms with Crippen molar-refractivity contribution in [1.82, 2.24) is 4.90 Å². The van der Waals surface area contributed by atoms with E-state index in [4.69, 9.17) is 5.11 Å². The summed E-state index contributed by atoms with van der Waals surface area (Å²) in [6.45, 7) is 2.69. The van der Waals surface area contributed by atoms with E-state index in [0.29, 0.717) is 5.92 Å². The van der Waals surface area contributed by atoms with E-state index in [-0.39, 0.29) is 18.1 Å². The van der Waals surface area contributed by atoms with Gasteiger partial charge in [0.15, 0.2) is 0 Å². The first kappa shape index (κ1) is 11.5. The standard InChI is InChI=1S/C10H19NO3/c1-7(10(13)14-3)11(2)6-8-4-9(12)5-8/h7-9,12H,4-6H2,1-3H3. The van der Waals surface area contributed by atoms with Gasteiger partial charge < -0.3 is 9.84 Å². The first-order valence-electron chi connectivity index (χ1n) is 5.00. The monoisotopic (exact) mass is 201 g/mol. The zero-order valence-corrected chi connectivity index (χ0v) is 9.06. The summed E-state index contributed by atoms with van der Waals surface area (Å²) in [4.78, 5) is 13.2. The Labute approximate surface area is 84.8 Å². The van der Waals surface area contributed by atoms with Crippen molar-refractivity contribution in [2.45, 2.75) is 31.9 Å². The van der Waals surface area contributed by atoms with Gasteiger partial charge in [0.25, 0.3) is 0 Å². The Morgan fingerprint density at radius 2 is 2.21 bits per heavy atom. The average molecular weight is 201 g/mol. The van der Waals surface area contributed by atoms with Crippen LogP contribution in [0, 0.1) is 5.92 Å². The van der Waals surface area contributed by atoms with Gasteiger partial charge in [-0.2, -0.15) is 0 Å². The Hall–Kier alpha value is -0.610. The third kappa shape index (κ3) is 2.69. The molecule has 1 fully saturated rings. The van der Waals surface area contributed by atoms with Crippen LogP contribution >= 0.6 is 0 Å². The molecule has 0 aromatic carbocycles. The van der Waals surface area contributed by atoms with Crippen LogP contribution < -0.4 is 0 Å². The highest BCUT2D eigenvalue weighted by molar-refractivity contribution is 5.75. The highest BCUT2D eigenvalue weighted by atomic mass is 16.5. The number of nitrogens with zero attached hydrogens (tertiary/aromatic N) is 1. The van der Waals surface area contributed by atoms with Crippen molar-refractivity contribution in [3.05, 3.63) is 0 Å². The molecular formula is C10H19NO3. The second-order valence-electron chi connectivity index (χ2n) is 4.13. The molecule has 0 spiro atoms. The maximum Gasteiger partial charge on any atom is 0.322 e. The van der Waals surface area contributed by atoms with Gasteiger partial charge in [-0.05, 0) is 32.7 Å². The Balaban J connectivity index is 2.27. The van der Waals surface area contributed by atoms with Gasteiger partial charge >= 0.3 is 5.97 Å². The molecule has 4 heteroatoms. The predicted octanol–water partition coefficient (Wildman–Crippen LogP) is 0.251. The highest BCUT2D eigenvalue weighted by Crippen LogP contribution is 2.27. The van der Waals surface area contributed by atoms with Crippen LogP contribution in [0.1, 0.15) is 19.8 Å². The molecule has 4 nitrogen and oxygen atoms in total. The van der Waals surface area contributed by atoms with E-state index in [1.807, 2.05) is 18.9 Å². The SMILES string of the molecule is COC(=O)C(C)N(C)CC1CC(O)C1. The van der Waals surface area contributed by atoms with Crippen molar-refractivity contribution in [3.63, 3.8) is 0 Å². The predicted molar refractivity (Wildman–Crippen MR) is 52.8 cm³/mol. The fourth-order valence-corrected chi connectivity index (χ4v) is 1.77. The molecule has 82 valence electrons. The smallest absolute Gasteiger partial charge is 0.322 e. The number of esters is 1. The number of carbonyl (C=O) groups excluding carboxylic acids is 1. The van der Waals surface area contributed by atoms with Gasteiger partial charge in [0.05, 0.1) is 13.2 Å². The molecular weight excluding hydrogens is 182 g/mol. The molecule has 0 saturated heterocycles. The average Bonchev–Trinajstić information content (AvgIpc) is 2.12. The lowest BCUT2D eigenvalue weighted by atomic mass is 9.82. The minimum Gasteiger partial charge on any atom is -0.468 e. The van der Waals surface area contributed by atoms with Crippen molar-refractivity contribution in [3.8, 4) is 0 Å². The van der Waals surface area contributed by atoms with E-state index in [1.54, 1.807) is 0 Å². The molecule has 1 rings (SSSR count). The molecule has 14 heavy (non-hydrogen) atoms. The van der Waals surface area contributed by atoms with Crippen LogP contribution in [0.4, 0.5) is 0 Å². The molecule has 1 atom stereocenters. The van der Waals surface area contributed by atoms with Gasteiger partial charge in [0.1, 0.15) is 6.04 Å². The maximum absolute atomic E-state index is 11.2. The van der Waals surface area contributed by atoms with E-state index in [1.165, 1.54) is 7.11 Å². The quantitative estimate of drug-likeness (QED) is 0.662. The summed E-state index contributed by atoms with van der Waals surface area (Å²) in [5.41, 5.74) is 0. The highest BCUT2D eigenvalue weighted by Gasteiger charge is 2.30. The van der Waals surface area contributed by atoms with E-state index >= 15 is 0 Å². The number of ether oxygens (including phenoxy) is 1.